The van der Waals surface area contributed by atoms with Crippen LogP contribution in [0.2, 0.25) is 0 Å². The Morgan fingerprint density at radius 3 is 2.69 bits per heavy atom. The molecule has 0 atom stereocenters. The zero-order chi connectivity index (χ0) is 12.1. The molecular formula is C10H14BrN3O2. The molecule has 0 unspecified atom stereocenters. The van der Waals surface area contributed by atoms with Crippen molar-refractivity contribution < 1.29 is 4.92 Å². The quantitative estimate of drug-likeness (QED) is 0.667. The molecule has 1 rings (SSSR count). The number of nitrogens with one attached hydrogen (secondary N) is 1. The summed E-state index contributed by atoms with van der Waals surface area (Å²) in [6, 6.07) is 4.83. The van der Waals surface area contributed by atoms with E-state index >= 15 is 0 Å². The van der Waals surface area contributed by atoms with Gasteiger partial charge in [-0.1, -0.05) is 15.9 Å². The molecular weight excluding hydrogens is 274 g/mol. The predicted molar refractivity (Wildman–Crippen MR) is 67.8 cm³/mol. The zero-order valence-corrected chi connectivity index (χ0v) is 10.8. The fraction of sp³-hybridized carbons (Fsp3) is 0.400. The molecule has 0 saturated heterocycles. The molecule has 1 aromatic carbocycles. The topological polar surface area (TPSA) is 58.4 Å². The van der Waals surface area contributed by atoms with Crippen LogP contribution in [0.15, 0.2) is 22.7 Å². The summed E-state index contributed by atoms with van der Waals surface area (Å²) >= 11 is 3.25. The molecule has 0 fully saturated rings. The molecule has 0 aliphatic carbocycles. The lowest BCUT2D eigenvalue weighted by Crippen LogP contribution is -2.20. The molecule has 0 aliphatic heterocycles. The first-order valence-corrected chi connectivity index (χ1v) is 5.62. The first-order chi connectivity index (χ1) is 7.49. The molecule has 0 spiro atoms. The number of nitro benzene ring substituents is 1. The molecule has 6 heteroatoms. The lowest BCUT2D eigenvalue weighted by atomic mass is 10.3. The standard InChI is InChI=1S/C10H14BrN3O2/c1-13(2)4-3-12-9-5-8(11)6-10(7-9)14(15)16/h5-7,12H,3-4H2,1-2H3. The number of hydrogen-bond donors (Lipinski definition) is 1. The summed E-state index contributed by atoms with van der Waals surface area (Å²) in [6.45, 7) is 1.63. The van der Waals surface area contributed by atoms with E-state index in [1.165, 1.54) is 12.1 Å². The number of likely N-dealkylation sites (N-methyl/N-ethyl adjacent to an activating group) is 1. The fourth-order valence-electron chi connectivity index (χ4n) is 1.21. The van der Waals surface area contributed by atoms with Crippen molar-refractivity contribution in [2.45, 2.75) is 0 Å². The summed E-state index contributed by atoms with van der Waals surface area (Å²) in [6.07, 6.45) is 0. The van der Waals surface area contributed by atoms with Gasteiger partial charge in [-0.3, -0.25) is 10.1 Å². The van der Waals surface area contributed by atoms with Crippen LogP contribution in [0.1, 0.15) is 0 Å². The van der Waals surface area contributed by atoms with Crippen LogP contribution in [0.3, 0.4) is 0 Å². The molecule has 0 saturated carbocycles. The second-order valence-corrected chi connectivity index (χ2v) is 4.60. The van der Waals surface area contributed by atoms with Gasteiger partial charge in [-0.25, -0.2) is 0 Å². The number of benzene rings is 1. The van der Waals surface area contributed by atoms with Crippen molar-refractivity contribution in [3.05, 3.63) is 32.8 Å². The average molecular weight is 288 g/mol. The lowest BCUT2D eigenvalue weighted by molar-refractivity contribution is -0.384. The Bertz CT molecular complexity index is 382. The van der Waals surface area contributed by atoms with E-state index < -0.39 is 4.92 Å². The summed E-state index contributed by atoms with van der Waals surface area (Å²) in [5.41, 5.74) is 0.838. The summed E-state index contributed by atoms with van der Waals surface area (Å²) < 4.78 is 0.703. The highest BCUT2D eigenvalue weighted by atomic mass is 79.9. The minimum atomic E-state index is -0.401. The van der Waals surface area contributed by atoms with Crippen LogP contribution in [0.5, 0.6) is 0 Å². The monoisotopic (exact) mass is 287 g/mol. The molecule has 88 valence electrons. The third kappa shape index (κ3) is 4.16. The first-order valence-electron chi connectivity index (χ1n) is 4.82. The van der Waals surface area contributed by atoms with Gasteiger partial charge in [0.25, 0.3) is 5.69 Å². The number of halogens is 1. The van der Waals surface area contributed by atoms with Gasteiger partial charge in [-0.15, -0.1) is 0 Å². The molecule has 1 aromatic rings. The molecule has 5 nitrogen and oxygen atoms in total. The van der Waals surface area contributed by atoms with Crippen molar-refractivity contribution in [1.82, 2.24) is 4.90 Å². The Hall–Kier alpha value is -1.14. The maximum absolute atomic E-state index is 10.6. The van der Waals surface area contributed by atoms with E-state index in [2.05, 4.69) is 21.2 Å². The van der Waals surface area contributed by atoms with Gasteiger partial charge in [0.15, 0.2) is 0 Å². The van der Waals surface area contributed by atoms with E-state index in [4.69, 9.17) is 0 Å². The van der Waals surface area contributed by atoms with Crippen LogP contribution in [-0.2, 0) is 0 Å². The maximum atomic E-state index is 10.6. The lowest BCUT2D eigenvalue weighted by Gasteiger charge is -2.11. The van der Waals surface area contributed by atoms with Gasteiger partial charge in [-0.05, 0) is 20.2 Å². The molecule has 0 aromatic heterocycles. The summed E-state index contributed by atoms with van der Waals surface area (Å²) in [4.78, 5) is 12.3. The second kappa shape index (κ2) is 5.81. The van der Waals surface area contributed by atoms with Crippen molar-refractivity contribution >= 4 is 27.3 Å². The van der Waals surface area contributed by atoms with Gasteiger partial charge in [0.1, 0.15) is 0 Å². The summed E-state index contributed by atoms with van der Waals surface area (Å²) in [7, 11) is 3.95. The Kier molecular flexibility index (Phi) is 4.70. The van der Waals surface area contributed by atoms with Gasteiger partial charge in [0, 0.05) is 35.4 Å². The summed E-state index contributed by atoms with van der Waals surface area (Å²) in [5.74, 6) is 0. The third-order valence-electron chi connectivity index (χ3n) is 1.98. The van der Waals surface area contributed by atoms with Crippen LogP contribution >= 0.6 is 15.9 Å². The number of anilines is 1. The van der Waals surface area contributed by atoms with Crippen LogP contribution in [0, 0.1) is 10.1 Å². The molecule has 0 radical (unpaired) electrons. The zero-order valence-electron chi connectivity index (χ0n) is 9.24. The van der Waals surface area contributed by atoms with Crippen molar-refractivity contribution in [3.8, 4) is 0 Å². The normalized spacial score (nSPS) is 10.5. The minimum absolute atomic E-state index is 0.0849. The third-order valence-corrected chi connectivity index (χ3v) is 2.44. The van der Waals surface area contributed by atoms with Gasteiger partial charge >= 0.3 is 0 Å². The fourth-order valence-corrected chi connectivity index (χ4v) is 1.69. The van der Waals surface area contributed by atoms with Crippen molar-refractivity contribution in [2.75, 3.05) is 32.5 Å². The van der Waals surface area contributed by atoms with E-state index in [0.29, 0.717) is 4.47 Å². The molecule has 0 aliphatic rings. The van der Waals surface area contributed by atoms with Gasteiger partial charge in [0.05, 0.1) is 4.92 Å². The molecule has 16 heavy (non-hydrogen) atoms. The van der Waals surface area contributed by atoms with Gasteiger partial charge < -0.3 is 10.2 Å². The van der Waals surface area contributed by atoms with E-state index in [1.807, 2.05) is 25.1 Å². The Labute approximate surface area is 103 Å². The molecule has 0 amide bonds. The van der Waals surface area contributed by atoms with Gasteiger partial charge in [0.2, 0.25) is 0 Å². The van der Waals surface area contributed by atoms with Crippen molar-refractivity contribution in [2.24, 2.45) is 0 Å². The smallest absolute Gasteiger partial charge is 0.272 e. The highest BCUT2D eigenvalue weighted by Gasteiger charge is 2.08. The second-order valence-electron chi connectivity index (χ2n) is 3.69. The van der Waals surface area contributed by atoms with Gasteiger partial charge in [-0.2, -0.15) is 0 Å². The number of nitro groups is 1. The highest BCUT2D eigenvalue weighted by Crippen LogP contribution is 2.24. The van der Waals surface area contributed by atoms with Crippen molar-refractivity contribution in [1.29, 1.82) is 0 Å². The van der Waals surface area contributed by atoms with Crippen LogP contribution in [0.25, 0.3) is 0 Å². The largest absolute Gasteiger partial charge is 0.384 e. The number of hydrogen-bond acceptors (Lipinski definition) is 4. The molecule has 0 bridgehead atoms. The number of nitrogens with zero attached hydrogens (tertiary/aromatic N) is 2. The Morgan fingerprint density at radius 2 is 2.12 bits per heavy atom. The van der Waals surface area contributed by atoms with E-state index in [-0.39, 0.29) is 5.69 Å². The van der Waals surface area contributed by atoms with Crippen LogP contribution in [0.4, 0.5) is 11.4 Å². The Balaban J connectivity index is 2.69. The van der Waals surface area contributed by atoms with E-state index in [9.17, 15) is 10.1 Å². The molecule has 0 heterocycles. The van der Waals surface area contributed by atoms with E-state index in [0.717, 1.165) is 18.8 Å². The predicted octanol–water partition coefficient (Wildman–Crippen LogP) is 2.33. The van der Waals surface area contributed by atoms with Crippen LogP contribution in [-0.4, -0.2) is 37.0 Å². The number of non-ortho nitro benzene ring substituents is 1. The average Bonchev–Trinajstić information content (AvgIpc) is 2.16. The van der Waals surface area contributed by atoms with E-state index in [1.54, 1.807) is 0 Å². The highest BCUT2D eigenvalue weighted by molar-refractivity contribution is 9.10. The molecule has 1 N–H and O–H groups in total. The SMILES string of the molecule is CN(C)CCNc1cc(Br)cc([N+](=O)[O-])c1. The summed E-state index contributed by atoms with van der Waals surface area (Å²) in [5, 5.41) is 13.8. The van der Waals surface area contributed by atoms with Crippen LogP contribution < -0.4 is 5.32 Å². The maximum Gasteiger partial charge on any atom is 0.272 e. The minimum Gasteiger partial charge on any atom is -0.384 e. The van der Waals surface area contributed by atoms with Crippen molar-refractivity contribution in [3.63, 3.8) is 0 Å². The Morgan fingerprint density at radius 1 is 1.44 bits per heavy atom. The number of rotatable bonds is 5. The first kappa shape index (κ1) is 12.9.